The van der Waals surface area contributed by atoms with Crippen molar-refractivity contribution in [1.82, 2.24) is 25.3 Å². The van der Waals surface area contributed by atoms with Gasteiger partial charge in [0, 0.05) is 74.7 Å². The van der Waals surface area contributed by atoms with Gasteiger partial charge in [0.15, 0.2) is 29.4 Å². The molecule has 2 fully saturated rings. The van der Waals surface area contributed by atoms with E-state index in [4.69, 9.17) is 40.1 Å². The molecule has 0 saturated heterocycles. The van der Waals surface area contributed by atoms with Crippen LogP contribution in [0.1, 0.15) is 117 Å². The van der Waals surface area contributed by atoms with E-state index in [-0.39, 0.29) is 48.2 Å². The Kier molecular flexibility index (Phi) is 26.7. The number of ketones is 2. The van der Waals surface area contributed by atoms with Crippen molar-refractivity contribution in [2.45, 2.75) is 110 Å². The molecule has 0 amide bonds. The lowest BCUT2D eigenvalue weighted by atomic mass is 10.0. The second-order valence-electron chi connectivity index (χ2n) is 19.9. The highest BCUT2D eigenvalue weighted by Gasteiger charge is 2.26. The smallest absolute Gasteiger partial charge is 0.373 e. The predicted molar refractivity (Wildman–Crippen MR) is 314 cm³/mol. The van der Waals surface area contributed by atoms with Gasteiger partial charge in [-0.05, 0) is 148 Å². The molecule has 6 heterocycles. The zero-order valence-electron chi connectivity index (χ0n) is 46.2. The first-order valence-electron chi connectivity index (χ1n) is 27.6. The predicted octanol–water partition coefficient (Wildman–Crippen LogP) is 12.8. The number of pyridine rings is 4. The molecule has 20 heteroatoms. The summed E-state index contributed by atoms with van der Waals surface area (Å²) in [6, 6.07) is 24.3. The number of hydrogen-bond acceptors (Lipinski definition) is 18. The number of carbonyl (C=O) groups excluding carboxylic acids is 7. The van der Waals surface area contributed by atoms with Crippen LogP contribution < -0.4 is 26.3 Å². The van der Waals surface area contributed by atoms with E-state index >= 15 is 0 Å². The zero-order valence-corrected chi connectivity index (χ0v) is 47.9. The number of rotatable bonds is 26. The van der Waals surface area contributed by atoms with Crippen LogP contribution in [0.15, 0.2) is 110 Å². The van der Waals surface area contributed by atoms with Gasteiger partial charge >= 0.3 is 12.3 Å². The molecule has 2 aromatic carbocycles. The van der Waals surface area contributed by atoms with Gasteiger partial charge < -0.3 is 26.3 Å². The lowest BCUT2D eigenvalue weighted by Gasteiger charge is -2.09. The van der Waals surface area contributed by atoms with Crippen LogP contribution in [0.25, 0.3) is 41.6 Å². The number of hydrogen-bond donors (Lipinski definition) is 3. The minimum atomic E-state index is -0.505. The van der Waals surface area contributed by atoms with E-state index in [9.17, 15) is 23.2 Å². The topological polar surface area (TPSA) is 254 Å². The summed E-state index contributed by atoms with van der Waals surface area (Å²) in [7, 11) is 0. The molecule has 83 heavy (non-hydrogen) atoms. The van der Waals surface area contributed by atoms with E-state index in [1.807, 2.05) is 24.4 Å². The lowest BCUT2D eigenvalue weighted by Crippen LogP contribution is -2.15. The maximum Gasteiger partial charge on any atom is 0.373 e. The molecular weight excluding hydrogens is 1100 g/mol. The Bertz CT molecular complexity index is 3410. The number of nitrogens with two attached hydrogens (primary N) is 2. The van der Waals surface area contributed by atoms with E-state index in [0.717, 1.165) is 119 Å². The maximum absolute atomic E-state index is 14.9. The summed E-state index contributed by atoms with van der Waals surface area (Å²) in [5.41, 5.74) is 16.8. The van der Waals surface area contributed by atoms with Crippen molar-refractivity contribution in [3.05, 3.63) is 144 Å². The Balaban J connectivity index is 0.000000222. The van der Waals surface area contributed by atoms with Crippen molar-refractivity contribution in [3.8, 4) is 44.1 Å². The number of ether oxygens (including phenoxy) is 2. The second kappa shape index (κ2) is 34.5. The summed E-state index contributed by atoms with van der Waals surface area (Å²) in [4.78, 5) is 87.2. The molecule has 16 nitrogen and oxygen atoms in total. The highest BCUT2D eigenvalue weighted by Crippen LogP contribution is 2.41. The standard InChI is InChI=1S/C30H33FN4O2S.C25H19FN2O3S.C6H15N.2CO2/c31-24-16-21(15-23(36)14-20-4-5-20)7-9-27(24)37-28-10-13-34-26-17-29(38-30(26)28)25-8-6-22(19-35-25)18-33-12-3-1-2-11-32;26-19-11-16(10-18(30)9-15-1-2-15)4-6-22(19)31-23-7-8-27-21-12-24(32-25(21)23)20-5-3-17(14-29)13-28-20;1-2-3-4-5-6-7;2*2-1-3/h6-10,13,16-17,19-20,33H,1-5,11-12,14-15,18,32H2;3-8,11-15H,1-2,9-10H2;2-7H2,1H3;;. The second-order valence-corrected chi connectivity index (χ2v) is 22.0. The highest BCUT2D eigenvalue weighted by atomic mass is 32.1. The van der Waals surface area contributed by atoms with Gasteiger partial charge in [0.25, 0.3) is 0 Å². The van der Waals surface area contributed by atoms with Crippen molar-refractivity contribution in [2.75, 3.05) is 19.6 Å². The van der Waals surface area contributed by atoms with Gasteiger partial charge in [-0.1, -0.05) is 50.8 Å². The molecule has 0 atom stereocenters. The lowest BCUT2D eigenvalue weighted by molar-refractivity contribution is -0.193. The number of nitrogens with zero attached hydrogens (tertiary/aromatic N) is 4. The fraction of sp³-hybridized carbons (Fsp3) is 0.349. The summed E-state index contributed by atoms with van der Waals surface area (Å²) in [6.07, 6.45) is 22.6. The van der Waals surface area contributed by atoms with Gasteiger partial charge in [-0.2, -0.15) is 19.2 Å². The Morgan fingerprint density at radius 3 is 1.48 bits per heavy atom. The van der Waals surface area contributed by atoms with Gasteiger partial charge in [-0.15, -0.1) is 22.7 Å². The molecule has 2 aliphatic rings. The van der Waals surface area contributed by atoms with E-state index in [0.29, 0.717) is 58.4 Å². The third-order valence-electron chi connectivity index (χ3n) is 13.1. The average Bonchev–Trinajstić information content (AvgIpc) is 4.48. The first-order chi connectivity index (χ1) is 40.4. The number of unbranched alkanes of at least 4 members (excludes halogenated alkanes) is 5. The normalized spacial score (nSPS) is 12.2. The SMILES string of the molecule is CCCCCCN.NCCCCCNCc1ccc(-c2cc3nccc(Oc4ccc(CC(=O)CC5CC5)cc4F)c3s2)nc1.O=C=O.O=C=O.O=Cc1ccc(-c2cc3nccc(Oc4ccc(CC(=O)CC5CC5)cc4F)c3s2)nc1. The Morgan fingerprint density at radius 1 is 0.602 bits per heavy atom. The number of nitrogens with one attached hydrogen (secondary N) is 1. The number of aromatic nitrogens is 4. The summed E-state index contributed by atoms with van der Waals surface area (Å²) in [6.45, 7) is 5.56. The van der Waals surface area contributed by atoms with Crippen molar-refractivity contribution >= 4 is 73.3 Å². The number of aldehydes is 1. The Labute approximate surface area is 488 Å². The first kappa shape index (κ1) is 64.2. The van der Waals surface area contributed by atoms with Crippen LogP contribution in [-0.2, 0) is 48.2 Å². The molecule has 0 bridgehead atoms. The Hall–Kier alpha value is -7.93. The molecule has 434 valence electrons. The van der Waals surface area contributed by atoms with Crippen LogP contribution in [0.4, 0.5) is 8.78 Å². The quantitative estimate of drug-likeness (QED) is 0.0336. The van der Waals surface area contributed by atoms with Crippen LogP contribution in [0, 0.1) is 23.5 Å². The average molecular weight is 1170 g/mol. The molecule has 2 saturated carbocycles. The van der Waals surface area contributed by atoms with Crippen molar-refractivity contribution in [1.29, 1.82) is 0 Å². The molecule has 0 aliphatic heterocycles. The van der Waals surface area contributed by atoms with Crippen LogP contribution in [0.2, 0.25) is 0 Å². The third-order valence-corrected chi connectivity index (χ3v) is 15.4. The first-order valence-corrected chi connectivity index (χ1v) is 29.2. The number of benzene rings is 2. The molecule has 8 aromatic rings. The van der Waals surface area contributed by atoms with Gasteiger partial charge in [0.1, 0.15) is 23.1 Å². The van der Waals surface area contributed by atoms with E-state index in [2.05, 4.69) is 38.2 Å². The number of halogens is 2. The van der Waals surface area contributed by atoms with Crippen LogP contribution in [0.5, 0.6) is 23.0 Å². The molecule has 5 N–H and O–H groups in total. The van der Waals surface area contributed by atoms with Crippen LogP contribution in [0.3, 0.4) is 0 Å². The fourth-order valence-electron chi connectivity index (χ4n) is 8.51. The highest BCUT2D eigenvalue weighted by molar-refractivity contribution is 7.23. The van der Waals surface area contributed by atoms with Crippen LogP contribution >= 0.6 is 22.7 Å². The van der Waals surface area contributed by atoms with Gasteiger partial charge in [-0.25, -0.2) is 8.78 Å². The van der Waals surface area contributed by atoms with Crippen molar-refractivity contribution in [2.24, 2.45) is 23.3 Å². The third kappa shape index (κ3) is 21.4. The van der Waals surface area contributed by atoms with E-state index in [1.165, 1.54) is 66.7 Å². The molecule has 6 aromatic heterocycles. The van der Waals surface area contributed by atoms with Gasteiger partial charge in [0.05, 0.1) is 41.6 Å². The number of fused-ring (bicyclic) bond motifs is 2. The van der Waals surface area contributed by atoms with Gasteiger partial charge in [-0.3, -0.25) is 34.3 Å². The molecule has 10 rings (SSSR count). The fourth-order valence-corrected chi connectivity index (χ4v) is 10.6. The minimum absolute atomic E-state index is 0.0966. The van der Waals surface area contributed by atoms with Gasteiger partial charge in [0.2, 0.25) is 0 Å². The monoisotopic (exact) mass is 1170 g/mol. The van der Waals surface area contributed by atoms with Crippen molar-refractivity contribution < 1.29 is 51.8 Å². The molecule has 0 spiro atoms. The number of carbonyl (C=O) groups is 3. The maximum atomic E-state index is 14.9. The molecular formula is C63H67F2N7O9S2. The zero-order chi connectivity index (χ0) is 59.3. The summed E-state index contributed by atoms with van der Waals surface area (Å²) in [5, 5.41) is 3.45. The van der Waals surface area contributed by atoms with Crippen molar-refractivity contribution in [3.63, 3.8) is 0 Å². The molecule has 2 aliphatic carbocycles. The summed E-state index contributed by atoms with van der Waals surface area (Å²) < 4.78 is 43.0. The number of Topliss-reactive ketones (excluding diaryl/α,β-unsaturated/α-hetero) is 2. The summed E-state index contributed by atoms with van der Waals surface area (Å²) in [5.74, 6) is 1.65. The molecule has 0 unspecified atom stereocenters. The Morgan fingerprint density at radius 2 is 1.07 bits per heavy atom. The molecule has 0 radical (unpaired) electrons. The van der Waals surface area contributed by atoms with E-state index in [1.54, 1.807) is 60.9 Å². The van der Waals surface area contributed by atoms with E-state index < -0.39 is 11.6 Å². The minimum Gasteiger partial charge on any atom is -0.453 e. The summed E-state index contributed by atoms with van der Waals surface area (Å²) >= 11 is 2.95. The van der Waals surface area contributed by atoms with Crippen LogP contribution in [-0.4, -0.2) is 69.7 Å². The number of thiophene rings is 2. The largest absolute Gasteiger partial charge is 0.453 e.